The van der Waals surface area contributed by atoms with Crippen LogP contribution in [0.25, 0.3) is 0 Å². The monoisotopic (exact) mass is 350 g/mol. The van der Waals surface area contributed by atoms with Crippen LogP contribution in [0, 0.1) is 5.41 Å². The second-order valence-corrected chi connectivity index (χ2v) is 8.31. The van der Waals surface area contributed by atoms with Crippen LogP contribution in [0.15, 0.2) is 29.2 Å². The molecule has 0 aliphatic heterocycles. The van der Waals surface area contributed by atoms with Gasteiger partial charge in [-0.05, 0) is 50.1 Å². The molecular weight excluding hydrogens is 324 g/mol. The fraction of sp³-hybridized carbons (Fsp3) is 0.600. The van der Waals surface area contributed by atoms with Gasteiger partial charge in [0.25, 0.3) is 0 Å². The van der Waals surface area contributed by atoms with Crippen molar-refractivity contribution < 1.29 is 13.2 Å². The number of nitrogens with two attached hydrogens (primary N) is 1. The normalized spacial score (nSPS) is 12.4. The van der Waals surface area contributed by atoms with Gasteiger partial charge < -0.3 is 10.5 Å². The Bertz CT molecular complexity index is 557. The lowest BCUT2D eigenvalue weighted by Crippen LogP contribution is -2.39. The van der Waals surface area contributed by atoms with Gasteiger partial charge in [-0.2, -0.15) is 0 Å². The van der Waals surface area contributed by atoms with Crippen molar-refractivity contribution in [1.29, 1.82) is 0 Å². The van der Waals surface area contributed by atoms with Gasteiger partial charge in [0.1, 0.15) is 5.75 Å². The predicted molar refractivity (Wildman–Crippen MR) is 92.1 cm³/mol. The minimum absolute atomic E-state index is 0. The number of benzene rings is 1. The van der Waals surface area contributed by atoms with E-state index in [1.165, 1.54) is 4.31 Å². The first-order chi connectivity index (χ1) is 9.58. The predicted octanol–water partition coefficient (Wildman–Crippen LogP) is 2.50. The van der Waals surface area contributed by atoms with Crippen LogP contribution in [0.5, 0.6) is 5.75 Å². The molecule has 0 aliphatic rings. The molecule has 0 aromatic heterocycles. The van der Waals surface area contributed by atoms with Crippen LogP contribution in [-0.4, -0.2) is 39.0 Å². The summed E-state index contributed by atoms with van der Waals surface area (Å²) in [7, 11) is -1.93. The van der Waals surface area contributed by atoms with E-state index in [0.717, 1.165) is 0 Å². The summed E-state index contributed by atoms with van der Waals surface area (Å²) in [5.74, 6) is 0.661. The molecule has 0 spiro atoms. The molecule has 0 atom stereocenters. The standard InChI is InChI=1S/C15H26N2O3S.ClH/c1-12(2)20-13-6-8-14(9-7-13)21(18,19)17(5)11-15(3,4)10-16;/h6-9,12H,10-11,16H2,1-5H3;1H. The van der Waals surface area contributed by atoms with Crippen molar-refractivity contribution in [2.45, 2.75) is 38.7 Å². The summed E-state index contributed by atoms with van der Waals surface area (Å²) >= 11 is 0. The third-order valence-electron chi connectivity index (χ3n) is 3.11. The summed E-state index contributed by atoms with van der Waals surface area (Å²) in [6.07, 6.45) is 0.0560. The first-order valence-corrected chi connectivity index (χ1v) is 8.45. The third kappa shape index (κ3) is 5.76. The van der Waals surface area contributed by atoms with Crippen LogP contribution in [0.4, 0.5) is 0 Å². The molecule has 1 aromatic rings. The number of halogens is 1. The Morgan fingerprint density at radius 1 is 1.23 bits per heavy atom. The van der Waals surface area contributed by atoms with Crippen molar-refractivity contribution in [3.05, 3.63) is 24.3 Å². The molecule has 0 radical (unpaired) electrons. The van der Waals surface area contributed by atoms with Crippen LogP contribution in [0.3, 0.4) is 0 Å². The molecule has 1 aromatic carbocycles. The minimum Gasteiger partial charge on any atom is -0.491 e. The number of hydrogen-bond acceptors (Lipinski definition) is 4. The Morgan fingerprint density at radius 2 is 1.73 bits per heavy atom. The van der Waals surface area contributed by atoms with Gasteiger partial charge in [0.05, 0.1) is 11.0 Å². The summed E-state index contributed by atoms with van der Waals surface area (Å²) in [5, 5.41) is 0. The molecule has 0 aliphatic carbocycles. The van der Waals surface area contributed by atoms with Gasteiger partial charge in [-0.25, -0.2) is 12.7 Å². The SMILES string of the molecule is CC(C)Oc1ccc(S(=O)(=O)N(C)CC(C)(C)CN)cc1.Cl. The second-order valence-electron chi connectivity index (χ2n) is 6.27. The van der Waals surface area contributed by atoms with Crippen molar-refractivity contribution in [1.82, 2.24) is 4.31 Å². The Morgan fingerprint density at radius 3 is 2.14 bits per heavy atom. The lowest BCUT2D eigenvalue weighted by Gasteiger charge is -2.28. The molecule has 5 nitrogen and oxygen atoms in total. The summed E-state index contributed by atoms with van der Waals surface area (Å²) in [4.78, 5) is 0.258. The van der Waals surface area contributed by atoms with Gasteiger partial charge in [0.15, 0.2) is 0 Å². The molecule has 0 saturated carbocycles. The maximum atomic E-state index is 12.5. The zero-order valence-corrected chi connectivity index (χ0v) is 15.5. The number of ether oxygens (including phenoxy) is 1. The molecule has 1 rings (SSSR count). The Balaban J connectivity index is 0.00000441. The van der Waals surface area contributed by atoms with E-state index >= 15 is 0 Å². The van der Waals surface area contributed by atoms with Crippen molar-refractivity contribution in [2.75, 3.05) is 20.1 Å². The fourth-order valence-corrected chi connectivity index (χ4v) is 3.25. The van der Waals surface area contributed by atoms with Crippen LogP contribution < -0.4 is 10.5 Å². The lowest BCUT2D eigenvalue weighted by molar-refractivity contribution is 0.242. The van der Waals surface area contributed by atoms with Crippen molar-refractivity contribution in [3.63, 3.8) is 0 Å². The Kier molecular flexibility index (Phi) is 7.85. The average Bonchev–Trinajstić information content (AvgIpc) is 2.38. The van der Waals surface area contributed by atoms with Crippen LogP contribution >= 0.6 is 12.4 Å². The zero-order chi connectivity index (χ0) is 16.3. The second kappa shape index (κ2) is 8.15. The molecule has 0 saturated heterocycles. The highest BCUT2D eigenvalue weighted by molar-refractivity contribution is 7.89. The lowest BCUT2D eigenvalue weighted by atomic mass is 9.94. The molecule has 7 heteroatoms. The summed E-state index contributed by atoms with van der Waals surface area (Å²) in [6.45, 7) is 8.53. The first-order valence-electron chi connectivity index (χ1n) is 7.01. The van der Waals surface area contributed by atoms with Crippen LogP contribution in [-0.2, 0) is 10.0 Å². The van der Waals surface area contributed by atoms with E-state index in [2.05, 4.69) is 0 Å². The van der Waals surface area contributed by atoms with E-state index in [-0.39, 0.29) is 28.8 Å². The molecule has 0 heterocycles. The van der Waals surface area contributed by atoms with Gasteiger partial charge in [-0.3, -0.25) is 0 Å². The number of hydrogen-bond donors (Lipinski definition) is 1. The van der Waals surface area contributed by atoms with Crippen LogP contribution in [0.2, 0.25) is 0 Å². The molecular formula is C15H27ClN2O3S. The van der Waals surface area contributed by atoms with Crippen molar-refractivity contribution in [2.24, 2.45) is 11.1 Å². The Labute approximate surface area is 140 Å². The number of sulfonamides is 1. The number of rotatable bonds is 7. The highest BCUT2D eigenvalue weighted by Gasteiger charge is 2.27. The van der Waals surface area contributed by atoms with E-state index in [9.17, 15) is 8.42 Å². The Hall–Kier alpha value is -0.820. The van der Waals surface area contributed by atoms with E-state index in [0.29, 0.717) is 18.8 Å². The molecule has 128 valence electrons. The fourth-order valence-electron chi connectivity index (χ4n) is 1.89. The molecule has 0 bridgehead atoms. The van der Waals surface area contributed by atoms with Crippen LogP contribution in [0.1, 0.15) is 27.7 Å². The maximum absolute atomic E-state index is 12.5. The highest BCUT2D eigenvalue weighted by Crippen LogP contribution is 2.22. The van der Waals surface area contributed by atoms with Gasteiger partial charge in [0.2, 0.25) is 10.0 Å². The minimum atomic E-state index is -3.51. The average molecular weight is 351 g/mol. The van der Waals surface area contributed by atoms with Gasteiger partial charge >= 0.3 is 0 Å². The first kappa shape index (κ1) is 21.2. The van der Waals surface area contributed by atoms with Gasteiger partial charge in [-0.15, -0.1) is 12.4 Å². The summed E-state index contributed by atoms with van der Waals surface area (Å²) in [6, 6.07) is 6.49. The maximum Gasteiger partial charge on any atom is 0.242 e. The van der Waals surface area contributed by atoms with E-state index in [4.69, 9.17) is 10.5 Å². The van der Waals surface area contributed by atoms with E-state index < -0.39 is 10.0 Å². The topological polar surface area (TPSA) is 72.6 Å². The van der Waals surface area contributed by atoms with Gasteiger partial charge in [0, 0.05) is 13.6 Å². The molecule has 0 amide bonds. The molecule has 0 unspecified atom stereocenters. The number of nitrogens with zero attached hydrogens (tertiary/aromatic N) is 1. The van der Waals surface area contributed by atoms with Crippen molar-refractivity contribution in [3.8, 4) is 5.75 Å². The summed E-state index contributed by atoms with van der Waals surface area (Å²) in [5.41, 5.74) is 5.40. The van der Waals surface area contributed by atoms with E-state index in [1.807, 2.05) is 27.7 Å². The quantitative estimate of drug-likeness (QED) is 0.820. The largest absolute Gasteiger partial charge is 0.491 e. The third-order valence-corrected chi connectivity index (χ3v) is 4.92. The zero-order valence-electron chi connectivity index (χ0n) is 13.9. The highest BCUT2D eigenvalue weighted by atomic mass is 35.5. The summed E-state index contributed by atoms with van der Waals surface area (Å²) < 4.78 is 31.9. The molecule has 0 fully saturated rings. The molecule has 22 heavy (non-hydrogen) atoms. The molecule has 2 N–H and O–H groups in total. The van der Waals surface area contributed by atoms with E-state index in [1.54, 1.807) is 31.3 Å². The van der Waals surface area contributed by atoms with Gasteiger partial charge in [-0.1, -0.05) is 13.8 Å². The smallest absolute Gasteiger partial charge is 0.242 e. The van der Waals surface area contributed by atoms with Crippen molar-refractivity contribution >= 4 is 22.4 Å².